The van der Waals surface area contributed by atoms with Crippen LogP contribution in [0, 0.1) is 0 Å². The molecule has 4 heteroatoms. The lowest BCUT2D eigenvalue weighted by Crippen LogP contribution is -2.45. The van der Waals surface area contributed by atoms with E-state index in [4.69, 9.17) is 0 Å². The summed E-state index contributed by atoms with van der Waals surface area (Å²) < 4.78 is 0. The summed E-state index contributed by atoms with van der Waals surface area (Å²) in [6.45, 7) is 4.22. The third kappa shape index (κ3) is 33.5. The van der Waals surface area contributed by atoms with Crippen molar-refractivity contribution in [2.45, 2.75) is 199 Å². The van der Waals surface area contributed by atoms with Crippen molar-refractivity contribution < 1.29 is 15.0 Å². The predicted octanol–water partition coefficient (Wildman–Crippen LogP) is 11.6. The van der Waals surface area contributed by atoms with Gasteiger partial charge in [-0.3, -0.25) is 4.79 Å². The Labute approximate surface area is 280 Å². The van der Waals surface area contributed by atoms with Gasteiger partial charge in [0.2, 0.25) is 5.91 Å². The standard InChI is InChI=1S/C41H75NO3/c1-3-5-7-9-11-13-15-16-17-18-19-20-21-22-23-24-25-26-27-29-31-33-35-37-41(45)42-39(38-43)40(44)36-34-32-30-28-14-12-10-8-6-4-2/h5,7,11,13,16-17,19-20,39-40,43-44H,3-4,6,8-10,12,14-15,18,21-38H2,1-2H3,(H,42,45)/b7-5-,13-11-,17-16-,20-19-. The summed E-state index contributed by atoms with van der Waals surface area (Å²) in [5.74, 6) is -0.0403. The van der Waals surface area contributed by atoms with E-state index in [9.17, 15) is 15.0 Å². The molecule has 2 atom stereocenters. The van der Waals surface area contributed by atoms with Crippen LogP contribution < -0.4 is 5.32 Å². The van der Waals surface area contributed by atoms with E-state index in [1.807, 2.05) is 0 Å². The summed E-state index contributed by atoms with van der Waals surface area (Å²) in [5.41, 5.74) is 0. The van der Waals surface area contributed by atoms with Gasteiger partial charge in [-0.15, -0.1) is 0 Å². The van der Waals surface area contributed by atoms with E-state index in [2.05, 4.69) is 67.8 Å². The monoisotopic (exact) mass is 630 g/mol. The van der Waals surface area contributed by atoms with Crippen LogP contribution in [-0.4, -0.2) is 34.9 Å². The minimum atomic E-state index is -0.659. The zero-order chi connectivity index (χ0) is 32.9. The molecule has 1 amide bonds. The molecule has 0 saturated heterocycles. The summed E-state index contributed by atoms with van der Waals surface area (Å²) in [4.78, 5) is 12.3. The van der Waals surface area contributed by atoms with Crippen LogP contribution in [-0.2, 0) is 4.79 Å². The predicted molar refractivity (Wildman–Crippen MR) is 198 cm³/mol. The molecule has 0 bridgehead atoms. The van der Waals surface area contributed by atoms with Crippen molar-refractivity contribution in [2.75, 3.05) is 6.61 Å². The highest BCUT2D eigenvalue weighted by Crippen LogP contribution is 2.14. The third-order valence-corrected chi connectivity index (χ3v) is 8.60. The maximum Gasteiger partial charge on any atom is 0.220 e. The average molecular weight is 630 g/mol. The second-order valence-corrected chi connectivity index (χ2v) is 13.0. The fraction of sp³-hybridized carbons (Fsp3) is 0.780. The Morgan fingerprint density at radius 1 is 0.556 bits per heavy atom. The second-order valence-electron chi connectivity index (χ2n) is 13.0. The fourth-order valence-electron chi connectivity index (χ4n) is 5.64. The van der Waals surface area contributed by atoms with E-state index in [1.165, 1.54) is 109 Å². The van der Waals surface area contributed by atoms with E-state index in [-0.39, 0.29) is 12.5 Å². The Morgan fingerprint density at radius 2 is 0.978 bits per heavy atom. The minimum absolute atomic E-state index is 0.0403. The Bertz CT molecular complexity index is 726. The molecule has 3 N–H and O–H groups in total. The molecule has 0 aliphatic rings. The molecule has 0 aromatic carbocycles. The first-order chi connectivity index (χ1) is 22.2. The van der Waals surface area contributed by atoms with Crippen LogP contribution >= 0.6 is 0 Å². The summed E-state index contributed by atoms with van der Waals surface area (Å²) in [5, 5.41) is 23.0. The van der Waals surface area contributed by atoms with Gasteiger partial charge in [-0.1, -0.05) is 178 Å². The largest absolute Gasteiger partial charge is 0.394 e. The maximum atomic E-state index is 12.3. The second kappa shape index (κ2) is 36.8. The third-order valence-electron chi connectivity index (χ3n) is 8.60. The summed E-state index contributed by atoms with van der Waals surface area (Å²) >= 11 is 0. The van der Waals surface area contributed by atoms with Crippen LogP contribution in [0.15, 0.2) is 48.6 Å². The number of hydrogen-bond donors (Lipinski definition) is 3. The lowest BCUT2D eigenvalue weighted by atomic mass is 10.0. The lowest BCUT2D eigenvalue weighted by molar-refractivity contribution is -0.123. The van der Waals surface area contributed by atoms with Gasteiger partial charge in [-0.05, 0) is 51.4 Å². The van der Waals surface area contributed by atoms with E-state index >= 15 is 0 Å². The van der Waals surface area contributed by atoms with Crippen molar-refractivity contribution in [2.24, 2.45) is 0 Å². The first-order valence-electron chi connectivity index (χ1n) is 19.3. The quantitative estimate of drug-likeness (QED) is 0.0490. The molecule has 0 spiro atoms. The number of aliphatic hydroxyl groups is 2. The van der Waals surface area contributed by atoms with Gasteiger partial charge in [0.15, 0.2) is 0 Å². The number of rotatable bonds is 34. The van der Waals surface area contributed by atoms with Crippen molar-refractivity contribution in [1.82, 2.24) is 5.32 Å². The van der Waals surface area contributed by atoms with Crippen LogP contribution in [0.2, 0.25) is 0 Å². The Balaban J connectivity index is 3.55. The van der Waals surface area contributed by atoms with Crippen LogP contribution in [0.4, 0.5) is 0 Å². The highest BCUT2D eigenvalue weighted by Gasteiger charge is 2.19. The molecule has 0 aliphatic carbocycles. The molecule has 0 radical (unpaired) electrons. The zero-order valence-electron chi connectivity index (χ0n) is 29.9. The van der Waals surface area contributed by atoms with E-state index in [1.54, 1.807) is 0 Å². The first-order valence-corrected chi connectivity index (χ1v) is 19.3. The molecule has 0 saturated carbocycles. The van der Waals surface area contributed by atoms with Gasteiger partial charge in [0.25, 0.3) is 0 Å². The Hall–Kier alpha value is -1.65. The van der Waals surface area contributed by atoms with Gasteiger partial charge in [-0.25, -0.2) is 0 Å². The van der Waals surface area contributed by atoms with Crippen LogP contribution in [0.5, 0.6) is 0 Å². The van der Waals surface area contributed by atoms with Crippen molar-refractivity contribution in [3.8, 4) is 0 Å². The van der Waals surface area contributed by atoms with Crippen molar-refractivity contribution in [3.63, 3.8) is 0 Å². The number of allylic oxidation sites excluding steroid dienone is 8. The van der Waals surface area contributed by atoms with Gasteiger partial charge in [-0.2, -0.15) is 0 Å². The Morgan fingerprint density at radius 3 is 1.47 bits per heavy atom. The zero-order valence-corrected chi connectivity index (χ0v) is 29.9. The van der Waals surface area contributed by atoms with E-state index in [0.29, 0.717) is 12.8 Å². The van der Waals surface area contributed by atoms with Gasteiger partial charge < -0.3 is 15.5 Å². The molecular formula is C41H75NO3. The molecule has 45 heavy (non-hydrogen) atoms. The first kappa shape index (κ1) is 43.4. The van der Waals surface area contributed by atoms with Crippen LogP contribution in [0.3, 0.4) is 0 Å². The molecule has 2 unspecified atom stereocenters. The van der Waals surface area contributed by atoms with Crippen molar-refractivity contribution >= 4 is 5.91 Å². The number of aliphatic hydroxyl groups excluding tert-OH is 2. The molecule has 0 heterocycles. The molecule has 0 fully saturated rings. The number of hydrogen-bond acceptors (Lipinski definition) is 3. The molecule has 0 aromatic rings. The van der Waals surface area contributed by atoms with E-state index in [0.717, 1.165) is 51.4 Å². The van der Waals surface area contributed by atoms with Gasteiger partial charge in [0.05, 0.1) is 18.8 Å². The molecule has 4 nitrogen and oxygen atoms in total. The van der Waals surface area contributed by atoms with E-state index < -0.39 is 12.1 Å². The summed E-state index contributed by atoms with van der Waals surface area (Å²) in [7, 11) is 0. The summed E-state index contributed by atoms with van der Waals surface area (Å²) in [6, 6.07) is -0.537. The average Bonchev–Trinajstić information content (AvgIpc) is 3.04. The van der Waals surface area contributed by atoms with Crippen molar-refractivity contribution in [3.05, 3.63) is 48.6 Å². The van der Waals surface area contributed by atoms with Crippen molar-refractivity contribution in [1.29, 1.82) is 0 Å². The number of unbranched alkanes of at least 4 members (excludes halogenated alkanes) is 19. The smallest absolute Gasteiger partial charge is 0.220 e. The molecule has 0 aromatic heterocycles. The Kier molecular flexibility index (Phi) is 35.5. The molecular weight excluding hydrogens is 554 g/mol. The number of carbonyl (C=O) groups is 1. The number of nitrogens with one attached hydrogen (secondary N) is 1. The van der Waals surface area contributed by atoms with Gasteiger partial charge in [0, 0.05) is 6.42 Å². The molecule has 262 valence electrons. The lowest BCUT2D eigenvalue weighted by Gasteiger charge is -2.22. The van der Waals surface area contributed by atoms with Crippen LogP contribution in [0.25, 0.3) is 0 Å². The maximum absolute atomic E-state index is 12.3. The summed E-state index contributed by atoms with van der Waals surface area (Å²) in [6.07, 6.45) is 48.9. The normalized spacial score (nSPS) is 13.6. The molecule has 0 aliphatic heterocycles. The number of amides is 1. The topological polar surface area (TPSA) is 69.6 Å². The van der Waals surface area contributed by atoms with Crippen LogP contribution in [0.1, 0.15) is 187 Å². The fourth-order valence-corrected chi connectivity index (χ4v) is 5.64. The molecule has 0 rings (SSSR count). The van der Waals surface area contributed by atoms with Gasteiger partial charge >= 0.3 is 0 Å². The van der Waals surface area contributed by atoms with Gasteiger partial charge in [0.1, 0.15) is 0 Å². The highest BCUT2D eigenvalue weighted by molar-refractivity contribution is 5.76. The SMILES string of the molecule is CC/C=C\C/C=C\C/C=C\C/C=C\CCCCCCCCCCCCC(=O)NC(CO)C(O)CCCCCCCCCCCC. The minimum Gasteiger partial charge on any atom is -0.394 e. The number of carbonyl (C=O) groups excluding carboxylic acids is 1. The highest BCUT2D eigenvalue weighted by atomic mass is 16.3.